The number of allylic oxidation sites excluding steroid dienone is 1. The predicted octanol–water partition coefficient (Wildman–Crippen LogP) is 6.01. The Hall–Kier alpha value is -2.56. The van der Waals surface area contributed by atoms with Gasteiger partial charge in [-0.3, -0.25) is 0 Å². The van der Waals surface area contributed by atoms with E-state index in [0.29, 0.717) is 0 Å². The lowest BCUT2D eigenvalue weighted by Gasteiger charge is -1.85. The van der Waals surface area contributed by atoms with E-state index in [1.54, 1.807) is 6.08 Å². The highest BCUT2D eigenvalue weighted by molar-refractivity contribution is 5.46. The van der Waals surface area contributed by atoms with Crippen molar-refractivity contribution in [1.82, 2.24) is 0 Å². The van der Waals surface area contributed by atoms with E-state index in [4.69, 9.17) is 0 Å². The Morgan fingerprint density at radius 1 is 0.750 bits per heavy atom. The van der Waals surface area contributed by atoms with Crippen molar-refractivity contribution in [2.45, 2.75) is 6.92 Å². The molecular formula is C20H22. The van der Waals surface area contributed by atoms with Crippen LogP contribution in [-0.4, -0.2) is 0 Å². The lowest BCUT2D eigenvalue weighted by atomic mass is 10.2. The molecule has 20 heavy (non-hydrogen) atoms. The van der Waals surface area contributed by atoms with Gasteiger partial charge in [-0.1, -0.05) is 92.6 Å². The van der Waals surface area contributed by atoms with Gasteiger partial charge in [-0.15, -0.1) is 5.73 Å². The molecule has 102 valence electrons. The smallest absolute Gasteiger partial charge is 0.0263 e. The van der Waals surface area contributed by atoms with Crippen LogP contribution < -0.4 is 0 Å². The Balaban J connectivity index is 0.000000289. The molecule has 0 radical (unpaired) electrons. The molecule has 0 fully saturated rings. The molecule has 0 aliphatic heterocycles. The molecule has 0 N–H and O–H groups in total. The Kier molecular flexibility index (Phi) is 11.2. The van der Waals surface area contributed by atoms with Gasteiger partial charge in [0.05, 0.1) is 0 Å². The minimum Gasteiger partial charge on any atom is -0.133 e. The number of hydrogen-bond donors (Lipinski definition) is 0. The average molecular weight is 262 g/mol. The van der Waals surface area contributed by atoms with Crippen LogP contribution in [0.25, 0.3) is 12.2 Å². The molecule has 0 bridgehead atoms. The lowest BCUT2D eigenvalue weighted by Crippen LogP contribution is -1.63. The summed E-state index contributed by atoms with van der Waals surface area (Å²) in [7, 11) is 0. The quantitative estimate of drug-likeness (QED) is 0.582. The Morgan fingerprint density at radius 3 is 1.20 bits per heavy atom. The van der Waals surface area contributed by atoms with Crippen molar-refractivity contribution >= 4 is 12.2 Å². The van der Waals surface area contributed by atoms with Crippen molar-refractivity contribution < 1.29 is 0 Å². The van der Waals surface area contributed by atoms with Gasteiger partial charge in [0.25, 0.3) is 0 Å². The van der Waals surface area contributed by atoms with E-state index in [1.807, 2.05) is 79.7 Å². The summed E-state index contributed by atoms with van der Waals surface area (Å²) in [5.74, 6) is 0. The summed E-state index contributed by atoms with van der Waals surface area (Å²) in [5, 5.41) is 0. The van der Waals surface area contributed by atoms with E-state index >= 15 is 0 Å². The SMILES string of the molecule is C=C=CC.C=Cc1ccccc1.C=Cc1ccccc1. The van der Waals surface area contributed by atoms with Crippen molar-refractivity contribution in [1.29, 1.82) is 0 Å². The average Bonchev–Trinajstić information content (AvgIpc) is 2.57. The number of rotatable bonds is 2. The van der Waals surface area contributed by atoms with Crippen LogP contribution in [0.4, 0.5) is 0 Å². The Morgan fingerprint density at radius 2 is 1.05 bits per heavy atom. The molecule has 0 saturated heterocycles. The summed E-state index contributed by atoms with van der Waals surface area (Å²) >= 11 is 0. The van der Waals surface area contributed by atoms with Gasteiger partial charge in [0.1, 0.15) is 0 Å². The fourth-order valence-corrected chi connectivity index (χ4v) is 1.18. The maximum absolute atomic E-state index is 3.63. The molecule has 0 saturated carbocycles. The van der Waals surface area contributed by atoms with E-state index < -0.39 is 0 Å². The summed E-state index contributed by atoms with van der Waals surface area (Å²) in [5.41, 5.74) is 4.90. The summed E-state index contributed by atoms with van der Waals surface area (Å²) in [6.45, 7) is 12.4. The Labute approximate surface area is 123 Å². The van der Waals surface area contributed by atoms with Crippen LogP contribution in [0.1, 0.15) is 18.1 Å². The first kappa shape index (κ1) is 17.4. The van der Waals surface area contributed by atoms with E-state index in [1.165, 1.54) is 11.1 Å². The monoisotopic (exact) mass is 262 g/mol. The van der Waals surface area contributed by atoms with E-state index in [0.717, 1.165) is 0 Å². The van der Waals surface area contributed by atoms with Crippen LogP contribution >= 0.6 is 0 Å². The molecule has 0 heteroatoms. The molecule has 0 aliphatic rings. The maximum atomic E-state index is 3.63. The maximum Gasteiger partial charge on any atom is -0.0263 e. The van der Waals surface area contributed by atoms with Gasteiger partial charge in [0.15, 0.2) is 0 Å². The van der Waals surface area contributed by atoms with Crippen LogP contribution in [0.15, 0.2) is 92.2 Å². The van der Waals surface area contributed by atoms with Gasteiger partial charge >= 0.3 is 0 Å². The topological polar surface area (TPSA) is 0 Å². The van der Waals surface area contributed by atoms with Gasteiger partial charge in [0, 0.05) is 0 Å². The van der Waals surface area contributed by atoms with Crippen molar-refractivity contribution in [3.05, 3.63) is 103 Å². The molecule has 0 aliphatic carbocycles. The van der Waals surface area contributed by atoms with Crippen molar-refractivity contribution in [3.63, 3.8) is 0 Å². The highest BCUT2D eigenvalue weighted by atomic mass is 13.8. The molecule has 0 unspecified atom stereocenters. The van der Waals surface area contributed by atoms with E-state index in [9.17, 15) is 0 Å². The summed E-state index contributed by atoms with van der Waals surface area (Å²) < 4.78 is 0. The summed E-state index contributed by atoms with van der Waals surface area (Å²) in [4.78, 5) is 0. The van der Waals surface area contributed by atoms with Gasteiger partial charge in [-0.2, -0.15) is 0 Å². The first-order valence-electron chi connectivity index (χ1n) is 6.43. The summed E-state index contributed by atoms with van der Waals surface area (Å²) in [6, 6.07) is 20.1. The second-order valence-electron chi connectivity index (χ2n) is 3.72. The molecular weight excluding hydrogens is 240 g/mol. The first-order valence-corrected chi connectivity index (χ1v) is 6.43. The first-order chi connectivity index (χ1) is 9.78. The fraction of sp³-hybridized carbons (Fsp3) is 0.0500. The lowest BCUT2D eigenvalue weighted by molar-refractivity contribution is 1.67. The largest absolute Gasteiger partial charge is 0.133 e. The zero-order valence-corrected chi connectivity index (χ0v) is 12.1. The predicted molar refractivity (Wildman–Crippen MR) is 92.5 cm³/mol. The minimum atomic E-state index is 1.17. The van der Waals surface area contributed by atoms with Crippen molar-refractivity contribution in [2.75, 3.05) is 0 Å². The molecule has 2 aromatic carbocycles. The third-order valence-corrected chi connectivity index (χ3v) is 2.27. The molecule has 0 heterocycles. The van der Waals surface area contributed by atoms with Crippen LogP contribution in [-0.2, 0) is 0 Å². The van der Waals surface area contributed by atoms with Crippen LogP contribution in [0.3, 0.4) is 0 Å². The summed E-state index contributed by atoms with van der Waals surface area (Å²) in [6.07, 6.45) is 5.43. The normalized spacial score (nSPS) is 7.65. The molecule has 2 aromatic rings. The fourth-order valence-electron chi connectivity index (χ4n) is 1.18. The van der Waals surface area contributed by atoms with Gasteiger partial charge in [-0.25, -0.2) is 0 Å². The van der Waals surface area contributed by atoms with Crippen LogP contribution in [0.5, 0.6) is 0 Å². The highest BCUT2D eigenvalue weighted by Crippen LogP contribution is 1.98. The molecule has 0 aromatic heterocycles. The second-order valence-corrected chi connectivity index (χ2v) is 3.72. The minimum absolute atomic E-state index is 1.17. The zero-order chi connectivity index (χ0) is 15.1. The van der Waals surface area contributed by atoms with E-state index in [-0.39, 0.29) is 0 Å². The van der Waals surface area contributed by atoms with Crippen molar-refractivity contribution in [2.24, 2.45) is 0 Å². The van der Waals surface area contributed by atoms with Crippen LogP contribution in [0.2, 0.25) is 0 Å². The van der Waals surface area contributed by atoms with E-state index in [2.05, 4.69) is 25.5 Å². The third kappa shape index (κ3) is 9.47. The van der Waals surface area contributed by atoms with Gasteiger partial charge < -0.3 is 0 Å². The van der Waals surface area contributed by atoms with Gasteiger partial charge in [0.2, 0.25) is 0 Å². The van der Waals surface area contributed by atoms with Crippen molar-refractivity contribution in [3.8, 4) is 0 Å². The second kappa shape index (κ2) is 12.9. The Bertz CT molecular complexity index is 471. The molecule has 0 nitrogen and oxygen atoms in total. The molecule has 2 rings (SSSR count). The van der Waals surface area contributed by atoms with Crippen LogP contribution in [0, 0.1) is 0 Å². The highest BCUT2D eigenvalue weighted by Gasteiger charge is 1.76. The number of hydrogen-bond acceptors (Lipinski definition) is 0. The van der Waals surface area contributed by atoms with Gasteiger partial charge in [-0.05, 0) is 24.1 Å². The number of benzene rings is 2. The zero-order valence-electron chi connectivity index (χ0n) is 12.1. The molecule has 0 amide bonds. The third-order valence-electron chi connectivity index (χ3n) is 2.27. The molecule has 0 atom stereocenters. The standard InChI is InChI=1S/2C8H8.C4H6/c2*1-2-8-6-4-3-5-7-8;1-3-4-2/h2*2-7H,1H2;4H,1H2,2H3. The molecule has 0 spiro atoms.